The van der Waals surface area contributed by atoms with E-state index in [1.807, 2.05) is 0 Å². The molecule has 0 radical (unpaired) electrons. The molecule has 0 saturated heterocycles. The monoisotopic (exact) mass is 461 g/mol. The number of benzene rings is 1. The average Bonchev–Trinajstić information content (AvgIpc) is 2.60. The van der Waals surface area contributed by atoms with Crippen LogP contribution in [0.2, 0.25) is 0 Å². The number of nitrogens with zero attached hydrogens (tertiary/aromatic N) is 1. The normalized spacial score (nSPS) is 15.0. The van der Waals surface area contributed by atoms with E-state index >= 15 is 0 Å². The van der Waals surface area contributed by atoms with E-state index in [2.05, 4.69) is 68.7 Å². The van der Waals surface area contributed by atoms with Crippen molar-refractivity contribution in [3.8, 4) is 0 Å². The number of aliphatic hydroxyl groups is 1. The number of nitrogens with one attached hydrogen (secondary N) is 2. The van der Waals surface area contributed by atoms with Gasteiger partial charge in [-0.05, 0) is 38.2 Å². The van der Waals surface area contributed by atoms with Gasteiger partial charge >= 0.3 is 0 Å². The average molecular weight is 461 g/mol. The summed E-state index contributed by atoms with van der Waals surface area (Å²) < 4.78 is 0. The zero-order chi connectivity index (χ0) is 17.8. The molecule has 1 rings (SSSR count). The second-order valence-electron chi connectivity index (χ2n) is 6.52. The molecule has 1 aromatic carbocycles. The lowest BCUT2D eigenvalue weighted by atomic mass is 9.94. The minimum absolute atomic E-state index is 0. The van der Waals surface area contributed by atoms with Crippen LogP contribution in [0.15, 0.2) is 35.3 Å². The SMILES string of the molecule is CCCC(CCO)CN=C(NCC)NC(C)C(C)c1ccccc1.I. The fourth-order valence-electron chi connectivity index (χ4n) is 2.84. The molecule has 0 heterocycles. The summed E-state index contributed by atoms with van der Waals surface area (Å²) in [6.07, 6.45) is 3.07. The molecular formula is C20H36IN3O. The molecular weight excluding hydrogens is 425 g/mol. The third-order valence-electron chi connectivity index (χ3n) is 4.53. The summed E-state index contributed by atoms with van der Waals surface area (Å²) in [5, 5.41) is 16.1. The minimum Gasteiger partial charge on any atom is -0.396 e. The molecule has 5 heteroatoms. The molecule has 4 nitrogen and oxygen atoms in total. The van der Waals surface area contributed by atoms with E-state index in [1.54, 1.807) is 0 Å². The summed E-state index contributed by atoms with van der Waals surface area (Å²) in [5.41, 5.74) is 1.33. The van der Waals surface area contributed by atoms with Gasteiger partial charge in [-0.1, -0.05) is 50.6 Å². The van der Waals surface area contributed by atoms with Crippen molar-refractivity contribution < 1.29 is 5.11 Å². The van der Waals surface area contributed by atoms with Gasteiger partial charge in [0.1, 0.15) is 0 Å². The lowest BCUT2D eigenvalue weighted by molar-refractivity contribution is 0.253. The minimum atomic E-state index is 0. The van der Waals surface area contributed by atoms with Crippen molar-refractivity contribution in [2.75, 3.05) is 19.7 Å². The topological polar surface area (TPSA) is 56.7 Å². The number of hydrogen-bond donors (Lipinski definition) is 3. The molecule has 3 atom stereocenters. The Balaban J connectivity index is 0.00000576. The number of hydrogen-bond acceptors (Lipinski definition) is 2. The summed E-state index contributed by atoms with van der Waals surface area (Å²) in [5.74, 6) is 1.73. The van der Waals surface area contributed by atoms with Crippen LogP contribution in [0.3, 0.4) is 0 Å². The number of halogens is 1. The molecule has 1 aromatic rings. The maximum absolute atomic E-state index is 9.20. The van der Waals surface area contributed by atoms with Gasteiger partial charge in [0, 0.05) is 31.7 Å². The maximum Gasteiger partial charge on any atom is 0.191 e. The van der Waals surface area contributed by atoms with Crippen molar-refractivity contribution >= 4 is 29.9 Å². The van der Waals surface area contributed by atoms with Crippen LogP contribution < -0.4 is 10.6 Å². The highest BCUT2D eigenvalue weighted by molar-refractivity contribution is 14.0. The first-order valence-corrected chi connectivity index (χ1v) is 9.32. The molecule has 0 aliphatic carbocycles. The Hall–Kier alpha value is -0.820. The molecule has 25 heavy (non-hydrogen) atoms. The smallest absolute Gasteiger partial charge is 0.191 e. The van der Waals surface area contributed by atoms with Crippen LogP contribution in [0.25, 0.3) is 0 Å². The molecule has 0 aliphatic heterocycles. The molecule has 0 fully saturated rings. The van der Waals surface area contributed by atoms with Gasteiger partial charge in [-0.3, -0.25) is 4.99 Å². The second-order valence-corrected chi connectivity index (χ2v) is 6.52. The summed E-state index contributed by atoms with van der Waals surface area (Å²) >= 11 is 0. The van der Waals surface area contributed by atoms with Gasteiger partial charge in [0.2, 0.25) is 0 Å². The summed E-state index contributed by atoms with van der Waals surface area (Å²) in [7, 11) is 0. The molecule has 0 aliphatic rings. The van der Waals surface area contributed by atoms with E-state index in [0.717, 1.165) is 38.3 Å². The molecule has 0 saturated carbocycles. The molecule has 144 valence electrons. The summed E-state index contributed by atoms with van der Waals surface area (Å²) in [6, 6.07) is 10.9. The first kappa shape index (κ1) is 24.2. The second kappa shape index (κ2) is 14.4. The zero-order valence-corrected chi connectivity index (χ0v) is 18.5. The number of aliphatic hydroxyl groups excluding tert-OH is 1. The van der Waals surface area contributed by atoms with Gasteiger partial charge < -0.3 is 15.7 Å². The van der Waals surface area contributed by atoms with Crippen molar-refractivity contribution in [1.29, 1.82) is 0 Å². The van der Waals surface area contributed by atoms with Gasteiger partial charge in [0.25, 0.3) is 0 Å². The quantitative estimate of drug-likeness (QED) is 0.279. The molecule has 0 spiro atoms. The number of aliphatic imine (C=N–C) groups is 1. The highest BCUT2D eigenvalue weighted by Gasteiger charge is 2.15. The lowest BCUT2D eigenvalue weighted by Crippen LogP contribution is -2.44. The molecule has 0 amide bonds. The predicted molar refractivity (Wildman–Crippen MR) is 119 cm³/mol. The third kappa shape index (κ3) is 9.45. The van der Waals surface area contributed by atoms with Crippen LogP contribution in [0.1, 0.15) is 58.4 Å². The highest BCUT2D eigenvalue weighted by Crippen LogP contribution is 2.18. The van der Waals surface area contributed by atoms with Crippen LogP contribution in [-0.2, 0) is 0 Å². The largest absolute Gasteiger partial charge is 0.396 e. The Morgan fingerprint density at radius 2 is 1.80 bits per heavy atom. The van der Waals surface area contributed by atoms with Crippen LogP contribution in [0.5, 0.6) is 0 Å². The van der Waals surface area contributed by atoms with Crippen LogP contribution in [0.4, 0.5) is 0 Å². The third-order valence-corrected chi connectivity index (χ3v) is 4.53. The Morgan fingerprint density at radius 1 is 1.12 bits per heavy atom. The summed E-state index contributed by atoms with van der Waals surface area (Å²) in [6.45, 7) is 10.5. The van der Waals surface area contributed by atoms with E-state index in [0.29, 0.717) is 11.8 Å². The van der Waals surface area contributed by atoms with Crippen molar-refractivity contribution in [3.05, 3.63) is 35.9 Å². The van der Waals surface area contributed by atoms with Crippen LogP contribution in [-0.4, -0.2) is 36.8 Å². The van der Waals surface area contributed by atoms with E-state index in [-0.39, 0.29) is 36.6 Å². The van der Waals surface area contributed by atoms with Gasteiger partial charge in [-0.15, -0.1) is 24.0 Å². The molecule has 3 unspecified atom stereocenters. The van der Waals surface area contributed by atoms with Gasteiger partial charge in [-0.25, -0.2) is 0 Å². The maximum atomic E-state index is 9.20. The van der Waals surface area contributed by atoms with Crippen molar-refractivity contribution in [1.82, 2.24) is 10.6 Å². The van der Waals surface area contributed by atoms with E-state index in [9.17, 15) is 5.11 Å². The van der Waals surface area contributed by atoms with Crippen molar-refractivity contribution in [3.63, 3.8) is 0 Å². The van der Waals surface area contributed by atoms with E-state index in [1.165, 1.54) is 5.56 Å². The van der Waals surface area contributed by atoms with Crippen molar-refractivity contribution in [2.45, 2.75) is 58.9 Å². The van der Waals surface area contributed by atoms with Gasteiger partial charge in [0.05, 0.1) is 0 Å². The van der Waals surface area contributed by atoms with Gasteiger partial charge in [0.15, 0.2) is 5.96 Å². The lowest BCUT2D eigenvalue weighted by Gasteiger charge is -2.24. The van der Waals surface area contributed by atoms with E-state index < -0.39 is 0 Å². The van der Waals surface area contributed by atoms with Crippen molar-refractivity contribution in [2.24, 2.45) is 10.9 Å². The van der Waals surface area contributed by atoms with E-state index in [4.69, 9.17) is 4.99 Å². The molecule has 0 bridgehead atoms. The summed E-state index contributed by atoms with van der Waals surface area (Å²) in [4.78, 5) is 4.75. The standard InChI is InChI=1S/C20H35N3O.HI/c1-5-10-18(13-14-24)15-22-20(21-6-2)23-17(4)16(3)19-11-8-7-9-12-19;/h7-9,11-12,16-18,24H,5-6,10,13-15H2,1-4H3,(H2,21,22,23);1H. The Labute approximate surface area is 170 Å². The number of guanidine groups is 1. The predicted octanol–water partition coefficient (Wildman–Crippen LogP) is 4.15. The molecule has 0 aromatic heterocycles. The first-order chi connectivity index (χ1) is 11.6. The first-order valence-electron chi connectivity index (χ1n) is 9.32. The molecule has 3 N–H and O–H groups in total. The Morgan fingerprint density at radius 3 is 2.36 bits per heavy atom. The van der Waals surface area contributed by atoms with Gasteiger partial charge in [-0.2, -0.15) is 0 Å². The van der Waals surface area contributed by atoms with Crippen LogP contribution >= 0.6 is 24.0 Å². The highest BCUT2D eigenvalue weighted by atomic mass is 127. The Kier molecular flexibility index (Phi) is 13.9. The fourth-order valence-corrected chi connectivity index (χ4v) is 2.84. The zero-order valence-electron chi connectivity index (χ0n) is 16.2. The van der Waals surface area contributed by atoms with Crippen LogP contribution in [0, 0.1) is 5.92 Å². The Bertz CT molecular complexity index is 461. The number of rotatable bonds is 10. The fraction of sp³-hybridized carbons (Fsp3) is 0.650.